The molecular formula is C14H29IN4O2S. The van der Waals surface area contributed by atoms with Gasteiger partial charge in [0.1, 0.15) is 0 Å². The largest absolute Gasteiger partial charge is 0.357 e. The van der Waals surface area contributed by atoms with Gasteiger partial charge in [-0.3, -0.25) is 9.89 Å². The van der Waals surface area contributed by atoms with Crippen molar-refractivity contribution in [1.82, 2.24) is 15.5 Å². The predicted molar refractivity (Wildman–Crippen MR) is 102 cm³/mol. The van der Waals surface area contributed by atoms with E-state index in [4.69, 9.17) is 0 Å². The van der Waals surface area contributed by atoms with Crippen LogP contribution in [0.1, 0.15) is 32.6 Å². The summed E-state index contributed by atoms with van der Waals surface area (Å²) in [5.41, 5.74) is 0. The molecule has 2 aliphatic rings. The summed E-state index contributed by atoms with van der Waals surface area (Å²) in [5.74, 6) is 1.47. The van der Waals surface area contributed by atoms with E-state index in [0.717, 1.165) is 19.0 Å². The van der Waals surface area contributed by atoms with Crippen molar-refractivity contribution >= 4 is 39.8 Å². The number of nitrogens with zero attached hydrogens (tertiary/aromatic N) is 2. The van der Waals surface area contributed by atoms with Crippen molar-refractivity contribution in [1.29, 1.82) is 0 Å². The number of guanidine groups is 1. The number of halogens is 1. The molecule has 130 valence electrons. The van der Waals surface area contributed by atoms with Gasteiger partial charge in [0.25, 0.3) is 0 Å². The smallest absolute Gasteiger partial charge is 0.191 e. The summed E-state index contributed by atoms with van der Waals surface area (Å²) in [7, 11) is -2.78. The summed E-state index contributed by atoms with van der Waals surface area (Å²) < 4.78 is 22.8. The molecule has 2 rings (SSSR count). The minimum absolute atomic E-state index is 0. The van der Waals surface area contributed by atoms with Gasteiger partial charge in [0.2, 0.25) is 0 Å². The van der Waals surface area contributed by atoms with E-state index in [9.17, 15) is 8.42 Å². The standard InChI is InChI=1S/C14H28N4O2S.HI/c1-2-15-14(17-13-5-3-4-6-13)16-7-8-18-9-11-21(19,20)12-10-18;/h13H,2-12H2,1H3,(H2,15,16,17);1H. The van der Waals surface area contributed by atoms with E-state index in [1.165, 1.54) is 25.7 Å². The van der Waals surface area contributed by atoms with Crippen molar-refractivity contribution in [2.45, 2.75) is 38.6 Å². The van der Waals surface area contributed by atoms with E-state index in [1.807, 2.05) is 0 Å². The summed E-state index contributed by atoms with van der Waals surface area (Å²) in [6.45, 7) is 5.76. The highest BCUT2D eigenvalue weighted by Gasteiger charge is 2.21. The highest BCUT2D eigenvalue weighted by molar-refractivity contribution is 14.0. The van der Waals surface area contributed by atoms with Gasteiger partial charge < -0.3 is 10.6 Å². The van der Waals surface area contributed by atoms with Gasteiger partial charge in [0, 0.05) is 32.2 Å². The zero-order chi connectivity index (χ0) is 15.1. The highest BCUT2D eigenvalue weighted by Crippen LogP contribution is 2.17. The number of nitrogens with one attached hydrogen (secondary N) is 2. The van der Waals surface area contributed by atoms with Gasteiger partial charge in [0.05, 0.1) is 18.1 Å². The average molecular weight is 444 g/mol. The van der Waals surface area contributed by atoms with Crippen LogP contribution in [-0.2, 0) is 9.84 Å². The molecule has 2 N–H and O–H groups in total. The van der Waals surface area contributed by atoms with E-state index in [2.05, 4.69) is 27.4 Å². The molecule has 0 amide bonds. The summed E-state index contributed by atoms with van der Waals surface area (Å²) in [4.78, 5) is 6.79. The van der Waals surface area contributed by atoms with E-state index in [-0.39, 0.29) is 35.5 Å². The third kappa shape index (κ3) is 6.99. The fraction of sp³-hybridized carbons (Fsp3) is 0.929. The maximum absolute atomic E-state index is 11.4. The summed E-state index contributed by atoms with van der Waals surface area (Å²) in [6, 6.07) is 0.558. The Bertz CT molecular complexity index is 436. The van der Waals surface area contributed by atoms with Crippen molar-refractivity contribution in [3.05, 3.63) is 0 Å². The fourth-order valence-corrected chi connectivity index (χ4v) is 4.14. The highest BCUT2D eigenvalue weighted by atomic mass is 127. The first-order chi connectivity index (χ1) is 10.1. The summed E-state index contributed by atoms with van der Waals surface area (Å²) >= 11 is 0. The molecule has 2 fully saturated rings. The number of sulfone groups is 1. The molecular weight excluding hydrogens is 415 g/mol. The molecule has 0 aromatic carbocycles. The fourth-order valence-electron chi connectivity index (χ4n) is 2.86. The summed E-state index contributed by atoms with van der Waals surface area (Å²) in [5, 5.41) is 6.78. The SMILES string of the molecule is CCNC(=NCCN1CCS(=O)(=O)CC1)NC1CCCC1.I. The number of rotatable bonds is 5. The van der Waals surface area contributed by atoms with Crippen LogP contribution in [0.2, 0.25) is 0 Å². The second kappa shape index (κ2) is 9.92. The van der Waals surface area contributed by atoms with Crippen LogP contribution >= 0.6 is 24.0 Å². The van der Waals surface area contributed by atoms with Crippen LogP contribution in [-0.4, -0.2) is 69.5 Å². The third-order valence-corrected chi connectivity index (χ3v) is 5.77. The number of hydrogen-bond acceptors (Lipinski definition) is 4. The Balaban J connectivity index is 0.00000242. The minimum Gasteiger partial charge on any atom is -0.357 e. The zero-order valence-corrected chi connectivity index (χ0v) is 16.5. The molecule has 0 unspecified atom stereocenters. The molecule has 8 heteroatoms. The maximum Gasteiger partial charge on any atom is 0.191 e. The average Bonchev–Trinajstić information content (AvgIpc) is 2.94. The van der Waals surface area contributed by atoms with Gasteiger partial charge >= 0.3 is 0 Å². The van der Waals surface area contributed by atoms with Gasteiger partial charge in [-0.15, -0.1) is 24.0 Å². The maximum atomic E-state index is 11.4. The first kappa shape index (κ1) is 20.0. The molecule has 0 bridgehead atoms. The normalized spacial score (nSPS) is 23.0. The Hall–Kier alpha value is -0.0900. The molecule has 0 spiro atoms. The number of hydrogen-bond donors (Lipinski definition) is 2. The van der Waals surface area contributed by atoms with Crippen LogP contribution in [0, 0.1) is 0 Å². The lowest BCUT2D eigenvalue weighted by Gasteiger charge is -2.25. The van der Waals surface area contributed by atoms with Gasteiger partial charge in [-0.05, 0) is 19.8 Å². The Kier molecular flexibility index (Phi) is 9.00. The van der Waals surface area contributed by atoms with Crippen molar-refractivity contribution in [2.75, 3.05) is 44.2 Å². The third-order valence-electron chi connectivity index (χ3n) is 4.16. The molecule has 1 heterocycles. The Morgan fingerprint density at radius 3 is 2.45 bits per heavy atom. The number of aliphatic imine (C=N–C) groups is 1. The molecule has 0 aromatic rings. The van der Waals surface area contributed by atoms with E-state index >= 15 is 0 Å². The molecule has 1 aliphatic carbocycles. The van der Waals surface area contributed by atoms with Gasteiger partial charge in [0.15, 0.2) is 15.8 Å². The van der Waals surface area contributed by atoms with E-state index in [1.54, 1.807) is 0 Å². The topological polar surface area (TPSA) is 73.8 Å². The summed E-state index contributed by atoms with van der Waals surface area (Å²) in [6.07, 6.45) is 5.07. The second-order valence-corrected chi connectivity index (χ2v) is 8.18. The molecule has 0 atom stereocenters. The zero-order valence-electron chi connectivity index (χ0n) is 13.4. The van der Waals surface area contributed by atoms with Gasteiger partial charge in [-0.2, -0.15) is 0 Å². The lowest BCUT2D eigenvalue weighted by Crippen LogP contribution is -2.44. The van der Waals surface area contributed by atoms with Crippen LogP contribution in [0.25, 0.3) is 0 Å². The molecule has 6 nitrogen and oxygen atoms in total. The monoisotopic (exact) mass is 444 g/mol. The molecule has 0 aromatic heterocycles. The van der Waals surface area contributed by atoms with Gasteiger partial charge in [-0.25, -0.2) is 8.42 Å². The minimum atomic E-state index is -2.78. The van der Waals surface area contributed by atoms with Crippen molar-refractivity contribution in [2.24, 2.45) is 4.99 Å². The van der Waals surface area contributed by atoms with Crippen LogP contribution in [0.5, 0.6) is 0 Å². The Morgan fingerprint density at radius 1 is 1.23 bits per heavy atom. The molecule has 1 aliphatic heterocycles. The molecule has 1 saturated carbocycles. The van der Waals surface area contributed by atoms with Crippen LogP contribution < -0.4 is 10.6 Å². The lowest BCUT2D eigenvalue weighted by molar-refractivity contribution is 0.304. The van der Waals surface area contributed by atoms with Crippen molar-refractivity contribution < 1.29 is 8.42 Å². The van der Waals surface area contributed by atoms with Crippen LogP contribution in [0.4, 0.5) is 0 Å². The second-order valence-electron chi connectivity index (χ2n) is 5.88. The van der Waals surface area contributed by atoms with Crippen molar-refractivity contribution in [3.63, 3.8) is 0 Å². The van der Waals surface area contributed by atoms with Crippen LogP contribution in [0.3, 0.4) is 0 Å². The lowest BCUT2D eigenvalue weighted by atomic mass is 10.2. The molecule has 1 saturated heterocycles. The first-order valence-electron chi connectivity index (χ1n) is 8.07. The quantitative estimate of drug-likeness (QED) is 0.374. The van der Waals surface area contributed by atoms with Crippen LogP contribution in [0.15, 0.2) is 4.99 Å². The van der Waals surface area contributed by atoms with E-state index < -0.39 is 9.84 Å². The van der Waals surface area contributed by atoms with Crippen molar-refractivity contribution in [3.8, 4) is 0 Å². The Labute approximate surface area is 151 Å². The Morgan fingerprint density at radius 2 is 1.86 bits per heavy atom. The molecule has 0 radical (unpaired) electrons. The molecule has 22 heavy (non-hydrogen) atoms. The first-order valence-corrected chi connectivity index (χ1v) is 9.89. The van der Waals surface area contributed by atoms with Gasteiger partial charge in [-0.1, -0.05) is 12.8 Å². The van der Waals surface area contributed by atoms with E-state index in [0.29, 0.717) is 25.7 Å². The predicted octanol–water partition coefficient (Wildman–Crippen LogP) is 0.833.